The Kier molecular flexibility index (Phi) is 3.87. The van der Waals surface area contributed by atoms with E-state index >= 15 is 0 Å². The van der Waals surface area contributed by atoms with Crippen LogP contribution in [0.3, 0.4) is 0 Å². The number of likely N-dealkylation sites (N-methyl/N-ethyl adjacent to an activating group) is 1. The van der Waals surface area contributed by atoms with Crippen molar-refractivity contribution in [1.29, 1.82) is 0 Å². The zero-order valence-corrected chi connectivity index (χ0v) is 13.0. The molecule has 0 bridgehead atoms. The van der Waals surface area contributed by atoms with Crippen molar-refractivity contribution in [2.75, 3.05) is 37.8 Å². The summed E-state index contributed by atoms with van der Waals surface area (Å²) in [6.07, 6.45) is 3.49. The lowest BCUT2D eigenvalue weighted by molar-refractivity contribution is 0.371. The van der Waals surface area contributed by atoms with Crippen LogP contribution < -0.4 is 4.90 Å². The third-order valence-corrected chi connectivity index (χ3v) is 4.99. The van der Waals surface area contributed by atoms with Crippen LogP contribution in [0.1, 0.15) is 18.5 Å². The Morgan fingerprint density at radius 1 is 1.42 bits per heavy atom. The summed E-state index contributed by atoms with van der Waals surface area (Å²) in [6, 6.07) is 0.547. The van der Waals surface area contributed by atoms with Crippen molar-refractivity contribution in [3.05, 3.63) is 11.0 Å². The van der Waals surface area contributed by atoms with Gasteiger partial charge in [-0.3, -0.25) is 0 Å². The minimum absolute atomic E-state index is 0.395. The number of fused-ring (bicyclic) bond motifs is 1. The number of thioether (sulfide) groups is 1. The fourth-order valence-electron chi connectivity index (χ4n) is 2.94. The molecule has 0 amide bonds. The summed E-state index contributed by atoms with van der Waals surface area (Å²) < 4.78 is 0. The monoisotopic (exact) mass is 298 g/mol. The highest BCUT2D eigenvalue weighted by molar-refractivity contribution is 7.99. The van der Waals surface area contributed by atoms with Gasteiger partial charge >= 0.3 is 0 Å². The molecule has 3 rings (SSSR count). The van der Waals surface area contributed by atoms with Crippen LogP contribution in [0.4, 0.5) is 5.82 Å². The fourth-order valence-corrected chi connectivity index (χ4v) is 4.23. The number of hydrogen-bond donors (Lipinski definition) is 0. The molecule has 6 heteroatoms. The number of nitrogens with zero attached hydrogens (tertiary/aromatic N) is 4. The van der Waals surface area contributed by atoms with Gasteiger partial charge in [-0.25, -0.2) is 4.98 Å². The Morgan fingerprint density at radius 3 is 3.05 bits per heavy atom. The molecular formula is C13H19ClN4S. The molecule has 1 aromatic heterocycles. The molecule has 4 nitrogen and oxygen atoms in total. The van der Waals surface area contributed by atoms with Gasteiger partial charge in [0, 0.05) is 31.3 Å². The molecule has 0 aliphatic carbocycles. The van der Waals surface area contributed by atoms with Crippen LogP contribution in [0.15, 0.2) is 4.90 Å². The van der Waals surface area contributed by atoms with Crippen molar-refractivity contribution in [2.24, 2.45) is 0 Å². The van der Waals surface area contributed by atoms with Gasteiger partial charge in [-0.2, -0.15) is 4.98 Å². The van der Waals surface area contributed by atoms with Crippen LogP contribution in [0.2, 0.25) is 5.28 Å². The summed E-state index contributed by atoms with van der Waals surface area (Å²) in [7, 11) is 4.26. The van der Waals surface area contributed by atoms with E-state index in [4.69, 9.17) is 11.6 Å². The molecule has 1 fully saturated rings. The lowest BCUT2D eigenvalue weighted by Gasteiger charge is -2.29. The van der Waals surface area contributed by atoms with Crippen molar-refractivity contribution in [3.8, 4) is 0 Å². The molecule has 19 heavy (non-hydrogen) atoms. The predicted octanol–water partition coefficient (Wildman–Crippen LogP) is 2.31. The van der Waals surface area contributed by atoms with Gasteiger partial charge in [0.1, 0.15) is 5.82 Å². The number of hydrogen-bond acceptors (Lipinski definition) is 5. The Balaban J connectivity index is 1.93. The topological polar surface area (TPSA) is 32.3 Å². The SMILES string of the molecule is CN(C)CC1CCCN1c1nc(Cl)nc2c1SCC2. The normalized spacial score (nSPS) is 22.3. The third-order valence-electron chi connectivity index (χ3n) is 3.70. The molecular weight excluding hydrogens is 280 g/mol. The van der Waals surface area contributed by atoms with Crippen molar-refractivity contribution >= 4 is 29.2 Å². The summed E-state index contributed by atoms with van der Waals surface area (Å²) in [4.78, 5) is 14.8. The third kappa shape index (κ3) is 2.69. The molecule has 0 radical (unpaired) electrons. The van der Waals surface area contributed by atoms with Gasteiger partial charge in [-0.05, 0) is 38.5 Å². The number of aryl methyl sites for hydroxylation is 1. The van der Waals surface area contributed by atoms with Gasteiger partial charge in [-0.15, -0.1) is 11.8 Å². The molecule has 2 aliphatic rings. The van der Waals surface area contributed by atoms with Crippen LogP contribution in [-0.4, -0.2) is 53.8 Å². The van der Waals surface area contributed by atoms with E-state index in [2.05, 4.69) is 33.9 Å². The Bertz CT molecular complexity index is 480. The fraction of sp³-hybridized carbons (Fsp3) is 0.692. The quantitative estimate of drug-likeness (QED) is 0.800. The Labute approximate surface area is 123 Å². The van der Waals surface area contributed by atoms with Gasteiger partial charge in [0.15, 0.2) is 0 Å². The molecule has 0 N–H and O–H groups in total. The number of anilines is 1. The highest BCUT2D eigenvalue weighted by atomic mass is 35.5. The van der Waals surface area contributed by atoms with Crippen molar-refractivity contribution in [1.82, 2.24) is 14.9 Å². The van der Waals surface area contributed by atoms with Crippen LogP contribution in [0.25, 0.3) is 0 Å². The first kappa shape index (κ1) is 13.5. The molecule has 1 atom stereocenters. The molecule has 3 heterocycles. The van der Waals surface area contributed by atoms with Gasteiger partial charge in [0.05, 0.1) is 10.6 Å². The van der Waals surface area contributed by atoms with E-state index in [1.807, 2.05) is 11.8 Å². The molecule has 104 valence electrons. The van der Waals surface area contributed by atoms with Crippen LogP contribution in [0.5, 0.6) is 0 Å². The van der Waals surface area contributed by atoms with E-state index in [0.717, 1.165) is 36.8 Å². The van der Waals surface area contributed by atoms with Gasteiger partial charge in [-0.1, -0.05) is 0 Å². The van der Waals surface area contributed by atoms with Gasteiger partial charge in [0.2, 0.25) is 5.28 Å². The van der Waals surface area contributed by atoms with Crippen LogP contribution in [-0.2, 0) is 6.42 Å². The zero-order chi connectivity index (χ0) is 13.4. The number of rotatable bonds is 3. The zero-order valence-electron chi connectivity index (χ0n) is 11.4. The van der Waals surface area contributed by atoms with E-state index in [0.29, 0.717) is 11.3 Å². The van der Waals surface area contributed by atoms with Crippen LogP contribution >= 0.6 is 23.4 Å². The summed E-state index contributed by atoms with van der Waals surface area (Å²) in [5, 5.41) is 0.395. The van der Waals surface area contributed by atoms with Crippen molar-refractivity contribution in [3.63, 3.8) is 0 Å². The first-order valence-corrected chi connectivity index (χ1v) is 8.12. The molecule has 2 aliphatic heterocycles. The minimum Gasteiger partial charge on any atom is -0.351 e. The second kappa shape index (κ2) is 5.46. The maximum absolute atomic E-state index is 6.09. The minimum atomic E-state index is 0.395. The average Bonchev–Trinajstić information content (AvgIpc) is 2.95. The average molecular weight is 299 g/mol. The molecule has 0 saturated carbocycles. The Hall–Kier alpha value is -0.520. The van der Waals surface area contributed by atoms with Crippen molar-refractivity contribution in [2.45, 2.75) is 30.2 Å². The van der Waals surface area contributed by atoms with Gasteiger partial charge in [0.25, 0.3) is 0 Å². The smallest absolute Gasteiger partial charge is 0.224 e. The first-order chi connectivity index (χ1) is 9.15. The van der Waals surface area contributed by atoms with E-state index in [-0.39, 0.29) is 0 Å². The lowest BCUT2D eigenvalue weighted by atomic mass is 10.2. The molecule has 1 saturated heterocycles. The standard InChI is InChI=1S/C13H19ClN4S/c1-17(2)8-9-4-3-6-18(9)12-11-10(5-7-19-11)15-13(14)16-12/h9H,3-8H2,1-2H3. The summed E-state index contributed by atoms with van der Waals surface area (Å²) in [5.41, 5.74) is 1.13. The first-order valence-electron chi connectivity index (χ1n) is 6.75. The second-order valence-corrected chi connectivity index (χ2v) is 6.89. The maximum Gasteiger partial charge on any atom is 0.224 e. The second-order valence-electron chi connectivity index (χ2n) is 5.44. The molecule has 1 unspecified atom stereocenters. The largest absolute Gasteiger partial charge is 0.351 e. The summed E-state index contributed by atoms with van der Waals surface area (Å²) >= 11 is 7.96. The molecule has 0 aromatic carbocycles. The summed E-state index contributed by atoms with van der Waals surface area (Å²) in [6.45, 7) is 2.15. The Morgan fingerprint density at radius 2 is 2.26 bits per heavy atom. The molecule has 1 aromatic rings. The number of halogens is 1. The van der Waals surface area contributed by atoms with E-state index in [1.165, 1.54) is 17.7 Å². The number of aromatic nitrogens is 2. The van der Waals surface area contributed by atoms with E-state index in [9.17, 15) is 0 Å². The maximum atomic E-state index is 6.09. The van der Waals surface area contributed by atoms with E-state index < -0.39 is 0 Å². The van der Waals surface area contributed by atoms with Gasteiger partial charge < -0.3 is 9.80 Å². The van der Waals surface area contributed by atoms with Crippen molar-refractivity contribution < 1.29 is 0 Å². The summed E-state index contributed by atoms with van der Waals surface area (Å²) in [5.74, 6) is 2.17. The van der Waals surface area contributed by atoms with Crippen LogP contribution in [0, 0.1) is 0 Å². The highest BCUT2D eigenvalue weighted by Crippen LogP contribution is 2.40. The molecule has 0 spiro atoms. The predicted molar refractivity (Wildman–Crippen MR) is 80.4 cm³/mol. The lowest BCUT2D eigenvalue weighted by Crippen LogP contribution is -2.38. The van der Waals surface area contributed by atoms with E-state index in [1.54, 1.807) is 0 Å². The highest BCUT2D eigenvalue weighted by Gasteiger charge is 2.31.